The average molecular weight is 504 g/mol. The lowest BCUT2D eigenvalue weighted by molar-refractivity contribution is -0.122. The van der Waals surface area contributed by atoms with Gasteiger partial charge in [0.2, 0.25) is 11.8 Å². The van der Waals surface area contributed by atoms with Gasteiger partial charge in [0.25, 0.3) is 10.0 Å². The van der Waals surface area contributed by atoms with Crippen molar-refractivity contribution in [1.29, 1.82) is 0 Å². The van der Waals surface area contributed by atoms with E-state index < -0.39 is 15.9 Å². The molecule has 7 nitrogen and oxygen atoms in total. The lowest BCUT2D eigenvalue weighted by atomic mass is 10.0. The first kappa shape index (κ1) is 24.1. The van der Waals surface area contributed by atoms with Crippen molar-refractivity contribution in [3.05, 3.63) is 83.9 Å². The average Bonchev–Trinajstić information content (AvgIpc) is 3.30. The Labute approximate surface area is 211 Å². The highest BCUT2D eigenvalue weighted by Crippen LogP contribution is 2.33. The molecule has 0 aromatic heterocycles. The molecule has 1 fully saturated rings. The fourth-order valence-electron chi connectivity index (χ4n) is 5.02. The third-order valence-corrected chi connectivity index (χ3v) is 8.76. The largest absolute Gasteiger partial charge is 0.326 e. The van der Waals surface area contributed by atoms with E-state index in [-0.39, 0.29) is 23.1 Å². The number of amides is 2. The molecule has 8 heteroatoms. The zero-order chi connectivity index (χ0) is 25.3. The summed E-state index contributed by atoms with van der Waals surface area (Å²) in [7, 11) is -3.72. The van der Waals surface area contributed by atoms with Gasteiger partial charge in [0.05, 0.1) is 16.5 Å². The Balaban J connectivity index is 1.28. The van der Waals surface area contributed by atoms with Crippen molar-refractivity contribution in [1.82, 2.24) is 0 Å². The minimum absolute atomic E-state index is 0.0701. The van der Waals surface area contributed by atoms with Crippen LogP contribution < -0.4 is 14.5 Å². The van der Waals surface area contributed by atoms with Gasteiger partial charge in [-0.2, -0.15) is 0 Å². The highest BCUT2D eigenvalue weighted by molar-refractivity contribution is 7.92. The molecule has 1 saturated heterocycles. The van der Waals surface area contributed by atoms with Crippen molar-refractivity contribution in [2.24, 2.45) is 5.92 Å². The van der Waals surface area contributed by atoms with Crippen molar-refractivity contribution in [2.45, 2.75) is 37.5 Å². The normalized spacial score (nSPS) is 17.7. The Hall–Kier alpha value is -3.65. The molecular weight excluding hydrogens is 474 g/mol. The quantitative estimate of drug-likeness (QED) is 0.541. The minimum atomic E-state index is -3.72. The van der Waals surface area contributed by atoms with E-state index in [4.69, 9.17) is 0 Å². The van der Waals surface area contributed by atoms with Crippen molar-refractivity contribution >= 4 is 38.9 Å². The molecule has 1 N–H and O–H groups in total. The van der Waals surface area contributed by atoms with Crippen LogP contribution in [0.4, 0.5) is 17.1 Å². The number of sulfonamides is 1. The standard InChI is InChI=1S/C28H29N3O4S/c1-2-20-8-3-5-11-25(20)30-19-22(18-27(30)32)28(33)29-23-13-15-24(16-14-23)36(34,35)31-17-7-10-21-9-4-6-12-26(21)31/h3-6,8-9,11-16,22H,2,7,10,17-19H2,1H3,(H,29,33). The summed E-state index contributed by atoms with van der Waals surface area (Å²) < 4.78 is 28.2. The number of para-hydroxylation sites is 2. The summed E-state index contributed by atoms with van der Waals surface area (Å²) >= 11 is 0. The topological polar surface area (TPSA) is 86.8 Å². The summed E-state index contributed by atoms with van der Waals surface area (Å²) in [6.45, 7) is 2.80. The maximum atomic E-state index is 13.3. The Morgan fingerprint density at radius 2 is 1.67 bits per heavy atom. The smallest absolute Gasteiger partial charge is 0.264 e. The van der Waals surface area contributed by atoms with Crippen LogP contribution in [-0.2, 0) is 32.5 Å². The summed E-state index contributed by atoms with van der Waals surface area (Å²) in [6.07, 6.45) is 2.57. The van der Waals surface area contributed by atoms with Crippen molar-refractivity contribution in [3.8, 4) is 0 Å². The first-order chi connectivity index (χ1) is 17.4. The van der Waals surface area contributed by atoms with Crippen LogP contribution in [0, 0.1) is 5.92 Å². The van der Waals surface area contributed by atoms with E-state index in [0.29, 0.717) is 18.8 Å². The minimum Gasteiger partial charge on any atom is -0.326 e. The molecule has 2 aliphatic rings. The molecule has 2 amide bonds. The van der Waals surface area contributed by atoms with E-state index in [1.54, 1.807) is 17.0 Å². The number of anilines is 3. The van der Waals surface area contributed by atoms with Crippen LogP contribution in [0.1, 0.15) is 30.9 Å². The second-order valence-electron chi connectivity index (χ2n) is 9.21. The van der Waals surface area contributed by atoms with E-state index in [2.05, 4.69) is 5.32 Å². The highest BCUT2D eigenvalue weighted by Gasteiger charge is 2.36. The van der Waals surface area contributed by atoms with Gasteiger partial charge in [-0.05, 0) is 66.8 Å². The monoisotopic (exact) mass is 503 g/mol. The fraction of sp³-hybridized carbons (Fsp3) is 0.286. The molecule has 0 spiro atoms. The van der Waals surface area contributed by atoms with E-state index in [0.717, 1.165) is 41.8 Å². The Morgan fingerprint density at radius 1 is 0.972 bits per heavy atom. The van der Waals surface area contributed by atoms with Crippen LogP contribution in [0.2, 0.25) is 0 Å². The molecular formula is C28H29N3O4S. The summed E-state index contributed by atoms with van der Waals surface area (Å²) in [5.41, 5.74) is 4.17. The lowest BCUT2D eigenvalue weighted by Gasteiger charge is -2.30. The van der Waals surface area contributed by atoms with Crippen LogP contribution in [0.5, 0.6) is 0 Å². The molecule has 3 aromatic rings. The Bertz CT molecular complexity index is 1400. The first-order valence-electron chi connectivity index (χ1n) is 12.3. The predicted molar refractivity (Wildman–Crippen MR) is 141 cm³/mol. The van der Waals surface area contributed by atoms with Crippen LogP contribution in [0.3, 0.4) is 0 Å². The highest BCUT2D eigenvalue weighted by atomic mass is 32.2. The molecule has 3 aromatic carbocycles. The van der Waals surface area contributed by atoms with Gasteiger partial charge in [-0.25, -0.2) is 8.42 Å². The van der Waals surface area contributed by atoms with E-state index in [1.807, 2.05) is 55.5 Å². The molecule has 36 heavy (non-hydrogen) atoms. The van der Waals surface area contributed by atoms with E-state index in [1.165, 1.54) is 16.4 Å². The number of rotatable bonds is 6. The van der Waals surface area contributed by atoms with Crippen LogP contribution >= 0.6 is 0 Å². The summed E-state index contributed by atoms with van der Waals surface area (Å²) in [4.78, 5) is 27.5. The zero-order valence-electron chi connectivity index (χ0n) is 20.2. The van der Waals surface area contributed by atoms with Crippen molar-refractivity contribution in [2.75, 3.05) is 27.6 Å². The number of carbonyl (C=O) groups excluding carboxylic acids is 2. The number of fused-ring (bicyclic) bond motifs is 1. The Morgan fingerprint density at radius 3 is 2.42 bits per heavy atom. The molecule has 0 saturated carbocycles. The Kier molecular flexibility index (Phi) is 6.53. The van der Waals surface area contributed by atoms with Gasteiger partial charge in [0.15, 0.2) is 0 Å². The van der Waals surface area contributed by atoms with Gasteiger partial charge in [0.1, 0.15) is 0 Å². The summed E-state index contributed by atoms with van der Waals surface area (Å²) in [6, 6.07) is 21.6. The van der Waals surface area contributed by atoms with Crippen LogP contribution in [-0.4, -0.2) is 33.3 Å². The molecule has 2 aliphatic heterocycles. The van der Waals surface area contributed by atoms with Gasteiger partial charge < -0.3 is 10.2 Å². The number of carbonyl (C=O) groups is 2. The number of hydrogen-bond acceptors (Lipinski definition) is 4. The molecule has 2 heterocycles. The summed E-state index contributed by atoms with van der Waals surface area (Å²) in [5, 5.41) is 2.85. The molecule has 186 valence electrons. The fourth-order valence-corrected chi connectivity index (χ4v) is 6.56. The third-order valence-electron chi connectivity index (χ3n) is 6.94. The van der Waals surface area contributed by atoms with Crippen molar-refractivity contribution < 1.29 is 18.0 Å². The predicted octanol–water partition coefficient (Wildman–Crippen LogP) is 4.38. The van der Waals surface area contributed by atoms with Crippen molar-refractivity contribution in [3.63, 3.8) is 0 Å². The molecule has 0 bridgehead atoms. The SMILES string of the molecule is CCc1ccccc1N1CC(C(=O)Nc2ccc(S(=O)(=O)N3CCCc4ccccc43)cc2)CC1=O. The molecule has 0 aliphatic carbocycles. The van der Waals surface area contributed by atoms with Crippen LogP contribution in [0.15, 0.2) is 77.7 Å². The number of benzene rings is 3. The maximum absolute atomic E-state index is 13.3. The number of nitrogens with one attached hydrogen (secondary N) is 1. The van der Waals surface area contributed by atoms with Crippen LogP contribution in [0.25, 0.3) is 0 Å². The van der Waals surface area contributed by atoms with Gasteiger partial charge >= 0.3 is 0 Å². The second kappa shape index (κ2) is 9.78. The molecule has 1 unspecified atom stereocenters. The molecule has 0 radical (unpaired) electrons. The number of aryl methyl sites for hydroxylation is 2. The molecule has 5 rings (SSSR count). The molecule has 1 atom stereocenters. The summed E-state index contributed by atoms with van der Waals surface area (Å²) in [5.74, 6) is -0.796. The zero-order valence-corrected chi connectivity index (χ0v) is 21.0. The second-order valence-corrected chi connectivity index (χ2v) is 11.1. The van der Waals surface area contributed by atoms with E-state index in [9.17, 15) is 18.0 Å². The first-order valence-corrected chi connectivity index (χ1v) is 13.7. The third kappa shape index (κ3) is 4.48. The van der Waals surface area contributed by atoms with Gasteiger partial charge in [-0.3, -0.25) is 13.9 Å². The van der Waals surface area contributed by atoms with E-state index >= 15 is 0 Å². The maximum Gasteiger partial charge on any atom is 0.264 e. The number of hydrogen-bond donors (Lipinski definition) is 1. The number of nitrogens with zero attached hydrogens (tertiary/aromatic N) is 2. The van der Waals surface area contributed by atoms with Gasteiger partial charge in [-0.1, -0.05) is 43.3 Å². The van der Waals surface area contributed by atoms with Gasteiger partial charge in [0, 0.05) is 30.9 Å². The lowest BCUT2D eigenvalue weighted by Crippen LogP contribution is -2.35. The van der Waals surface area contributed by atoms with Gasteiger partial charge in [-0.15, -0.1) is 0 Å².